The van der Waals surface area contributed by atoms with E-state index in [1.165, 1.54) is 0 Å². The maximum Gasteiger partial charge on any atom is 0.279 e. The highest BCUT2D eigenvalue weighted by Crippen LogP contribution is 2.28. The standard InChI is InChI=1S/C19H22ClN5O/c1-5-24-16-9-7-6-8-14(16)17(19(24)26)22-21-10-15-13(4)23-25(18(15)20)11-12(2)3/h6-10,12H,5,11H2,1-4H3/b21-10-,22-17+. The molecule has 7 heteroatoms. The van der Waals surface area contributed by atoms with Crippen molar-refractivity contribution in [3.05, 3.63) is 46.2 Å². The average molecular weight is 372 g/mol. The first kappa shape index (κ1) is 18.3. The van der Waals surface area contributed by atoms with Crippen molar-refractivity contribution in [1.29, 1.82) is 0 Å². The first-order valence-corrected chi connectivity index (χ1v) is 9.07. The van der Waals surface area contributed by atoms with Gasteiger partial charge in [-0.3, -0.25) is 9.48 Å². The highest BCUT2D eigenvalue weighted by molar-refractivity contribution is 6.54. The molecule has 1 amide bonds. The summed E-state index contributed by atoms with van der Waals surface area (Å²) in [4.78, 5) is 14.3. The molecule has 0 saturated heterocycles. The van der Waals surface area contributed by atoms with Crippen LogP contribution in [0.4, 0.5) is 5.69 Å². The van der Waals surface area contributed by atoms with Crippen LogP contribution in [0.5, 0.6) is 0 Å². The molecule has 0 radical (unpaired) electrons. The lowest BCUT2D eigenvalue weighted by Crippen LogP contribution is -2.29. The van der Waals surface area contributed by atoms with Crippen LogP contribution in [0, 0.1) is 12.8 Å². The van der Waals surface area contributed by atoms with E-state index < -0.39 is 0 Å². The fourth-order valence-electron chi connectivity index (χ4n) is 3.00. The number of para-hydroxylation sites is 1. The minimum absolute atomic E-state index is 0.135. The predicted molar refractivity (Wildman–Crippen MR) is 105 cm³/mol. The van der Waals surface area contributed by atoms with Gasteiger partial charge in [0.15, 0.2) is 5.71 Å². The van der Waals surface area contributed by atoms with Crippen LogP contribution in [0.25, 0.3) is 0 Å². The molecular weight excluding hydrogens is 350 g/mol. The Bertz CT molecular complexity index is 897. The van der Waals surface area contributed by atoms with Gasteiger partial charge in [0.05, 0.1) is 23.2 Å². The second-order valence-corrected chi connectivity index (χ2v) is 6.98. The van der Waals surface area contributed by atoms with Gasteiger partial charge in [-0.1, -0.05) is 43.6 Å². The summed E-state index contributed by atoms with van der Waals surface area (Å²) in [5.41, 5.74) is 3.53. The average Bonchev–Trinajstić information content (AvgIpc) is 3.02. The molecule has 0 atom stereocenters. The second-order valence-electron chi connectivity index (χ2n) is 6.63. The van der Waals surface area contributed by atoms with Crippen molar-refractivity contribution in [2.45, 2.75) is 34.2 Å². The number of fused-ring (bicyclic) bond motifs is 1. The number of halogens is 1. The minimum atomic E-state index is -0.135. The first-order chi connectivity index (χ1) is 12.4. The molecule has 6 nitrogen and oxygen atoms in total. The number of benzene rings is 1. The lowest BCUT2D eigenvalue weighted by molar-refractivity contribution is -0.112. The third kappa shape index (κ3) is 3.29. The molecule has 1 aromatic carbocycles. The normalized spacial score (nSPS) is 15.7. The molecule has 3 rings (SSSR count). The molecule has 2 heterocycles. The van der Waals surface area contributed by atoms with Crippen molar-refractivity contribution in [3.8, 4) is 0 Å². The number of likely N-dealkylation sites (N-methyl/N-ethyl adjacent to an activating group) is 1. The van der Waals surface area contributed by atoms with Crippen LogP contribution in [-0.4, -0.2) is 34.2 Å². The van der Waals surface area contributed by atoms with Crippen molar-refractivity contribution in [2.24, 2.45) is 16.1 Å². The Balaban J connectivity index is 1.91. The van der Waals surface area contributed by atoms with Crippen LogP contribution in [0.3, 0.4) is 0 Å². The molecule has 0 spiro atoms. The highest BCUT2D eigenvalue weighted by Gasteiger charge is 2.32. The summed E-state index contributed by atoms with van der Waals surface area (Å²) in [7, 11) is 0. The summed E-state index contributed by atoms with van der Waals surface area (Å²) in [5, 5.41) is 13.3. The smallest absolute Gasteiger partial charge is 0.279 e. The third-order valence-electron chi connectivity index (χ3n) is 4.21. The quantitative estimate of drug-likeness (QED) is 0.594. The summed E-state index contributed by atoms with van der Waals surface area (Å²) in [6, 6.07) is 7.60. The molecule has 136 valence electrons. The van der Waals surface area contributed by atoms with Gasteiger partial charge >= 0.3 is 0 Å². The number of carbonyl (C=O) groups is 1. The zero-order valence-corrected chi connectivity index (χ0v) is 16.2. The van der Waals surface area contributed by atoms with Crippen LogP contribution in [0.15, 0.2) is 34.5 Å². The van der Waals surface area contributed by atoms with Gasteiger partial charge < -0.3 is 4.90 Å². The Kier molecular flexibility index (Phi) is 5.23. The molecule has 1 aromatic heterocycles. The zero-order chi connectivity index (χ0) is 18.8. The maximum atomic E-state index is 12.6. The van der Waals surface area contributed by atoms with Crippen LogP contribution in [0.2, 0.25) is 5.15 Å². The van der Waals surface area contributed by atoms with E-state index in [-0.39, 0.29) is 5.91 Å². The number of carbonyl (C=O) groups excluding carboxylic acids is 1. The van der Waals surface area contributed by atoms with Gasteiger partial charge in [-0.2, -0.15) is 10.2 Å². The Morgan fingerprint density at radius 2 is 2.04 bits per heavy atom. The molecule has 0 bridgehead atoms. The van der Waals surface area contributed by atoms with Crippen molar-refractivity contribution in [1.82, 2.24) is 9.78 Å². The van der Waals surface area contributed by atoms with E-state index >= 15 is 0 Å². The molecular formula is C19H22ClN5O. The van der Waals surface area contributed by atoms with E-state index in [1.807, 2.05) is 38.1 Å². The molecule has 0 N–H and O–H groups in total. The first-order valence-electron chi connectivity index (χ1n) is 8.69. The Morgan fingerprint density at radius 3 is 2.73 bits per heavy atom. The predicted octanol–water partition coefficient (Wildman–Crippen LogP) is 3.69. The van der Waals surface area contributed by atoms with E-state index in [0.717, 1.165) is 29.1 Å². The fourth-order valence-corrected chi connectivity index (χ4v) is 3.29. The van der Waals surface area contributed by atoms with Gasteiger partial charge in [0.1, 0.15) is 5.15 Å². The number of hydrogen-bond acceptors (Lipinski definition) is 4. The number of amides is 1. The van der Waals surface area contributed by atoms with Crippen LogP contribution < -0.4 is 4.90 Å². The van der Waals surface area contributed by atoms with E-state index in [4.69, 9.17) is 11.6 Å². The number of rotatable bonds is 5. The number of anilines is 1. The Labute approximate surface area is 158 Å². The van der Waals surface area contributed by atoms with Crippen LogP contribution >= 0.6 is 11.6 Å². The second kappa shape index (κ2) is 7.41. The van der Waals surface area contributed by atoms with E-state index in [1.54, 1.807) is 15.8 Å². The van der Waals surface area contributed by atoms with Gasteiger partial charge in [0.2, 0.25) is 0 Å². The van der Waals surface area contributed by atoms with Crippen molar-refractivity contribution in [2.75, 3.05) is 11.4 Å². The van der Waals surface area contributed by atoms with Gasteiger partial charge in [0.25, 0.3) is 5.91 Å². The van der Waals surface area contributed by atoms with Gasteiger partial charge in [-0.15, -0.1) is 5.10 Å². The third-order valence-corrected chi connectivity index (χ3v) is 4.60. The SMILES string of the molecule is CCN1C(=O)/C(=N/N=C\c2c(C)nn(CC(C)C)c2Cl)c2ccccc21. The lowest BCUT2D eigenvalue weighted by atomic mass is 10.1. The van der Waals surface area contributed by atoms with Crippen LogP contribution in [0.1, 0.15) is 37.6 Å². The Hall–Kier alpha value is -2.47. The summed E-state index contributed by atoms with van der Waals surface area (Å²) >= 11 is 6.41. The summed E-state index contributed by atoms with van der Waals surface area (Å²) in [6.07, 6.45) is 1.57. The molecule has 26 heavy (non-hydrogen) atoms. The Morgan fingerprint density at radius 1 is 1.31 bits per heavy atom. The zero-order valence-electron chi connectivity index (χ0n) is 15.4. The largest absolute Gasteiger partial charge is 0.307 e. The van der Waals surface area contributed by atoms with Crippen molar-refractivity contribution < 1.29 is 4.79 Å². The van der Waals surface area contributed by atoms with Crippen molar-refractivity contribution >= 4 is 35.1 Å². The van der Waals surface area contributed by atoms with E-state index in [2.05, 4.69) is 29.1 Å². The molecule has 2 aromatic rings. The number of aromatic nitrogens is 2. The maximum absolute atomic E-state index is 12.6. The van der Waals surface area contributed by atoms with E-state index in [0.29, 0.717) is 23.3 Å². The van der Waals surface area contributed by atoms with Gasteiger partial charge in [0, 0.05) is 18.7 Å². The summed E-state index contributed by atoms with van der Waals surface area (Å²) in [5.74, 6) is 0.300. The summed E-state index contributed by atoms with van der Waals surface area (Å²) < 4.78 is 1.77. The van der Waals surface area contributed by atoms with Gasteiger partial charge in [-0.05, 0) is 25.8 Å². The molecule has 1 aliphatic heterocycles. The monoisotopic (exact) mass is 371 g/mol. The lowest BCUT2D eigenvalue weighted by Gasteiger charge is -2.12. The number of aryl methyl sites for hydroxylation is 1. The van der Waals surface area contributed by atoms with Gasteiger partial charge in [-0.25, -0.2) is 0 Å². The minimum Gasteiger partial charge on any atom is -0.307 e. The number of nitrogens with zero attached hydrogens (tertiary/aromatic N) is 5. The molecule has 0 aliphatic carbocycles. The molecule has 0 fully saturated rings. The highest BCUT2D eigenvalue weighted by atomic mass is 35.5. The molecule has 1 aliphatic rings. The molecule has 0 saturated carbocycles. The number of hydrogen-bond donors (Lipinski definition) is 0. The van der Waals surface area contributed by atoms with Crippen LogP contribution in [-0.2, 0) is 11.3 Å². The topological polar surface area (TPSA) is 62.9 Å². The summed E-state index contributed by atoms with van der Waals surface area (Å²) in [6.45, 7) is 9.36. The molecule has 0 unspecified atom stereocenters. The van der Waals surface area contributed by atoms with Crippen molar-refractivity contribution in [3.63, 3.8) is 0 Å². The van der Waals surface area contributed by atoms with E-state index in [9.17, 15) is 4.79 Å². The fraction of sp³-hybridized carbons (Fsp3) is 0.368.